The zero-order chi connectivity index (χ0) is 22.5. The molecule has 3 aromatic carbocycles. The van der Waals surface area contributed by atoms with Crippen LogP contribution in [0.25, 0.3) is 17.1 Å². The van der Waals surface area contributed by atoms with Gasteiger partial charge in [0.2, 0.25) is 5.82 Å². The molecule has 33 heavy (non-hydrogen) atoms. The number of nitrogens with one attached hydrogen (secondary N) is 1. The van der Waals surface area contributed by atoms with Gasteiger partial charge in [-0.25, -0.2) is 19.3 Å². The highest BCUT2D eigenvalue weighted by Gasteiger charge is 2.19. The monoisotopic (exact) mass is 435 g/mol. The van der Waals surface area contributed by atoms with E-state index in [1.807, 2.05) is 84.9 Å². The predicted molar refractivity (Wildman–Crippen MR) is 124 cm³/mol. The van der Waals surface area contributed by atoms with Crippen molar-refractivity contribution in [2.45, 2.75) is 13.1 Å². The van der Waals surface area contributed by atoms with Crippen molar-refractivity contribution in [2.24, 2.45) is 0 Å². The van der Waals surface area contributed by atoms with Gasteiger partial charge in [0.25, 0.3) is 5.91 Å². The van der Waals surface area contributed by atoms with E-state index in [0.717, 1.165) is 22.4 Å². The van der Waals surface area contributed by atoms with Crippen molar-refractivity contribution < 1.29 is 4.79 Å². The van der Waals surface area contributed by atoms with Crippen molar-refractivity contribution in [3.8, 4) is 17.1 Å². The molecule has 5 aromatic rings. The first-order chi connectivity index (χ1) is 16.3. The average Bonchev–Trinajstić information content (AvgIpc) is 3.55. The van der Waals surface area contributed by atoms with Gasteiger partial charge in [0.05, 0.1) is 12.2 Å². The van der Waals surface area contributed by atoms with E-state index in [1.54, 1.807) is 15.7 Å². The lowest BCUT2D eigenvalue weighted by Crippen LogP contribution is -2.25. The summed E-state index contributed by atoms with van der Waals surface area (Å²) in [7, 11) is 0. The Kier molecular flexibility index (Phi) is 5.71. The molecule has 1 amide bonds. The highest BCUT2D eigenvalue weighted by Crippen LogP contribution is 2.21. The van der Waals surface area contributed by atoms with Crippen molar-refractivity contribution in [1.82, 2.24) is 34.8 Å². The Morgan fingerprint density at radius 2 is 1.55 bits per heavy atom. The number of aromatic nitrogens is 6. The molecule has 2 heterocycles. The van der Waals surface area contributed by atoms with Gasteiger partial charge in [-0.15, -0.1) is 5.10 Å². The van der Waals surface area contributed by atoms with Gasteiger partial charge < -0.3 is 5.32 Å². The van der Waals surface area contributed by atoms with Crippen LogP contribution in [0.5, 0.6) is 0 Å². The Hall–Kier alpha value is -4.59. The van der Waals surface area contributed by atoms with Crippen LogP contribution < -0.4 is 5.32 Å². The molecule has 0 bridgehead atoms. The minimum absolute atomic E-state index is 0.117. The van der Waals surface area contributed by atoms with Gasteiger partial charge in [0, 0.05) is 12.1 Å². The molecule has 8 heteroatoms. The number of benzene rings is 3. The van der Waals surface area contributed by atoms with E-state index in [4.69, 9.17) is 0 Å². The van der Waals surface area contributed by atoms with Crippen LogP contribution >= 0.6 is 0 Å². The van der Waals surface area contributed by atoms with Crippen molar-refractivity contribution in [1.29, 1.82) is 0 Å². The Morgan fingerprint density at radius 3 is 2.27 bits per heavy atom. The third-order valence-corrected chi connectivity index (χ3v) is 5.20. The lowest BCUT2D eigenvalue weighted by molar-refractivity contribution is 0.0940. The molecule has 0 aliphatic carbocycles. The highest BCUT2D eigenvalue weighted by atomic mass is 16.2. The van der Waals surface area contributed by atoms with E-state index in [0.29, 0.717) is 18.9 Å². The molecule has 2 aromatic heterocycles. The molecule has 0 fully saturated rings. The second-order valence-corrected chi connectivity index (χ2v) is 7.42. The maximum absolute atomic E-state index is 13.0. The zero-order valence-corrected chi connectivity index (χ0v) is 17.7. The molecule has 0 aliphatic heterocycles. The van der Waals surface area contributed by atoms with Gasteiger partial charge >= 0.3 is 0 Å². The summed E-state index contributed by atoms with van der Waals surface area (Å²) in [6.07, 6.45) is 3.17. The van der Waals surface area contributed by atoms with E-state index in [1.165, 1.54) is 6.33 Å². The van der Waals surface area contributed by atoms with Crippen LogP contribution in [0.2, 0.25) is 0 Å². The van der Waals surface area contributed by atoms with Crippen LogP contribution in [0.15, 0.2) is 97.6 Å². The van der Waals surface area contributed by atoms with Crippen LogP contribution in [-0.2, 0) is 13.1 Å². The average molecular weight is 435 g/mol. The number of amides is 1. The fourth-order valence-electron chi connectivity index (χ4n) is 3.56. The molecule has 0 unspecified atom stereocenters. The lowest BCUT2D eigenvalue weighted by atomic mass is 10.1. The number of para-hydroxylation sites is 1. The maximum atomic E-state index is 13.0. The first-order valence-corrected chi connectivity index (χ1v) is 10.5. The van der Waals surface area contributed by atoms with Gasteiger partial charge in [-0.1, -0.05) is 72.8 Å². The number of carbonyl (C=O) groups is 1. The minimum atomic E-state index is -0.336. The summed E-state index contributed by atoms with van der Waals surface area (Å²) >= 11 is 0. The Balaban J connectivity index is 1.39. The number of nitrogens with zero attached hydrogens (tertiary/aromatic N) is 6. The second kappa shape index (κ2) is 9.27. The number of rotatable bonds is 7. The third-order valence-electron chi connectivity index (χ3n) is 5.20. The van der Waals surface area contributed by atoms with Crippen LogP contribution in [-0.4, -0.2) is 35.4 Å². The van der Waals surface area contributed by atoms with Crippen LogP contribution in [0.1, 0.15) is 21.7 Å². The number of hydrogen-bond acceptors (Lipinski definition) is 5. The molecule has 0 spiro atoms. The minimum Gasteiger partial charge on any atom is -0.345 e. The first-order valence-electron chi connectivity index (χ1n) is 10.5. The summed E-state index contributed by atoms with van der Waals surface area (Å²) in [5.41, 5.74) is 3.76. The van der Waals surface area contributed by atoms with Gasteiger partial charge in [-0.05, 0) is 23.3 Å². The summed E-state index contributed by atoms with van der Waals surface area (Å²) in [6.45, 7) is 0.926. The van der Waals surface area contributed by atoms with E-state index in [-0.39, 0.29) is 11.7 Å². The van der Waals surface area contributed by atoms with Crippen molar-refractivity contribution in [3.05, 3.63) is 115 Å². The highest BCUT2D eigenvalue weighted by molar-refractivity contribution is 5.91. The second-order valence-electron chi connectivity index (χ2n) is 7.42. The fraction of sp³-hybridized carbons (Fsp3) is 0.0800. The van der Waals surface area contributed by atoms with Crippen molar-refractivity contribution >= 4 is 5.91 Å². The fourth-order valence-corrected chi connectivity index (χ4v) is 3.56. The van der Waals surface area contributed by atoms with Crippen LogP contribution in [0.4, 0.5) is 0 Å². The Labute approximate surface area is 190 Å². The summed E-state index contributed by atoms with van der Waals surface area (Å²) in [6, 6.07) is 27.3. The molecule has 0 aliphatic rings. The van der Waals surface area contributed by atoms with Crippen LogP contribution in [0, 0.1) is 0 Å². The summed E-state index contributed by atoms with van der Waals surface area (Å²) in [5, 5.41) is 11.6. The smallest absolute Gasteiger partial charge is 0.291 e. The maximum Gasteiger partial charge on any atom is 0.291 e. The SMILES string of the molecule is O=C(NCc1ccccc1Cn1cncn1)c1nc(-c2ccccc2)n(-c2ccccc2)n1. The van der Waals surface area contributed by atoms with Crippen LogP contribution in [0.3, 0.4) is 0 Å². The molecular weight excluding hydrogens is 414 g/mol. The molecule has 1 N–H and O–H groups in total. The molecule has 0 saturated heterocycles. The first kappa shape index (κ1) is 20.3. The number of carbonyl (C=O) groups excluding carboxylic acids is 1. The molecule has 162 valence electrons. The molecule has 0 saturated carbocycles. The van der Waals surface area contributed by atoms with Gasteiger partial charge in [-0.3, -0.25) is 4.79 Å². The van der Waals surface area contributed by atoms with Gasteiger partial charge in [-0.2, -0.15) is 5.10 Å². The summed E-state index contributed by atoms with van der Waals surface area (Å²) in [5.74, 6) is 0.391. The standard InChI is InChI=1S/C25H21N7O/c33-25(27-15-20-11-7-8-12-21(20)16-31-18-26-17-28-31)23-29-24(19-9-3-1-4-10-19)32(30-23)22-13-5-2-6-14-22/h1-14,17-18H,15-16H2,(H,27,33). The molecule has 5 rings (SSSR count). The van der Waals surface area contributed by atoms with E-state index >= 15 is 0 Å². The normalized spacial score (nSPS) is 10.8. The summed E-state index contributed by atoms with van der Waals surface area (Å²) in [4.78, 5) is 21.6. The number of hydrogen-bond donors (Lipinski definition) is 1. The molecule has 0 radical (unpaired) electrons. The largest absolute Gasteiger partial charge is 0.345 e. The lowest BCUT2D eigenvalue weighted by Gasteiger charge is -2.10. The topological polar surface area (TPSA) is 90.5 Å². The van der Waals surface area contributed by atoms with Gasteiger partial charge in [0.15, 0.2) is 5.82 Å². The Morgan fingerprint density at radius 1 is 0.848 bits per heavy atom. The predicted octanol–water partition coefficient (Wildman–Crippen LogP) is 3.50. The van der Waals surface area contributed by atoms with Crippen molar-refractivity contribution in [3.63, 3.8) is 0 Å². The molecular formula is C25H21N7O. The van der Waals surface area contributed by atoms with E-state index in [9.17, 15) is 4.79 Å². The Bertz CT molecular complexity index is 1290. The third kappa shape index (κ3) is 4.54. The van der Waals surface area contributed by atoms with E-state index < -0.39 is 0 Å². The quantitative estimate of drug-likeness (QED) is 0.423. The van der Waals surface area contributed by atoms with Gasteiger partial charge in [0.1, 0.15) is 12.7 Å². The van der Waals surface area contributed by atoms with Crippen molar-refractivity contribution in [2.75, 3.05) is 0 Å². The molecule has 8 nitrogen and oxygen atoms in total. The zero-order valence-electron chi connectivity index (χ0n) is 17.7. The molecule has 0 atom stereocenters. The van der Waals surface area contributed by atoms with E-state index in [2.05, 4.69) is 25.5 Å². The summed E-state index contributed by atoms with van der Waals surface area (Å²) < 4.78 is 3.44.